The molecule has 0 aromatic carbocycles. The molecule has 1 saturated heterocycles. The highest BCUT2D eigenvalue weighted by atomic mass is 16.5. The molecule has 1 unspecified atom stereocenters. The van der Waals surface area contributed by atoms with Gasteiger partial charge in [-0.05, 0) is 5.57 Å². The third-order valence-electron chi connectivity index (χ3n) is 2.29. The van der Waals surface area contributed by atoms with Crippen molar-refractivity contribution in [3.8, 4) is 0 Å². The number of allylic oxidation sites excluding steroid dienone is 1. The number of ether oxygens (including phenoxy) is 1. The second kappa shape index (κ2) is 3.38. The van der Waals surface area contributed by atoms with Gasteiger partial charge in [0.05, 0.1) is 6.61 Å². The van der Waals surface area contributed by atoms with Gasteiger partial charge in [0.25, 0.3) is 5.91 Å². The number of hydrogen-bond donors (Lipinski definition) is 1. The van der Waals surface area contributed by atoms with E-state index in [0.29, 0.717) is 25.1 Å². The molecule has 74 valence electrons. The predicted molar refractivity (Wildman–Crippen MR) is 49.3 cm³/mol. The molecule has 0 radical (unpaired) electrons. The quantitative estimate of drug-likeness (QED) is 0.609. The fourth-order valence-electron chi connectivity index (χ4n) is 1.63. The molecule has 1 heterocycles. The van der Waals surface area contributed by atoms with E-state index in [1.165, 1.54) is 0 Å². The highest BCUT2D eigenvalue weighted by Gasteiger charge is 2.31. The van der Waals surface area contributed by atoms with E-state index in [0.717, 1.165) is 5.57 Å². The molecule has 1 aliphatic carbocycles. The Bertz CT molecular complexity index is 343. The summed E-state index contributed by atoms with van der Waals surface area (Å²) in [7, 11) is 0. The van der Waals surface area contributed by atoms with Crippen molar-refractivity contribution in [1.82, 2.24) is 5.32 Å². The lowest BCUT2D eigenvalue weighted by Gasteiger charge is -2.24. The van der Waals surface area contributed by atoms with Gasteiger partial charge in [0.1, 0.15) is 5.78 Å². The van der Waals surface area contributed by atoms with Gasteiger partial charge >= 0.3 is 0 Å². The van der Waals surface area contributed by atoms with E-state index in [1.54, 1.807) is 6.08 Å². The zero-order chi connectivity index (χ0) is 10.1. The van der Waals surface area contributed by atoms with Crippen LogP contribution in [0.3, 0.4) is 0 Å². The Balaban J connectivity index is 2.08. The monoisotopic (exact) mass is 193 g/mol. The lowest BCUT2D eigenvalue weighted by Crippen LogP contribution is -2.43. The Labute approximate surface area is 81.6 Å². The second-order valence-electron chi connectivity index (χ2n) is 3.48. The first-order chi connectivity index (χ1) is 6.66. The molecular weight excluding hydrogens is 182 g/mol. The van der Waals surface area contributed by atoms with E-state index in [9.17, 15) is 9.59 Å². The zero-order valence-corrected chi connectivity index (χ0v) is 7.71. The SMILES string of the molecule is C=C1COC(C2=CCC(=O)C2)C(=O)N1. The lowest BCUT2D eigenvalue weighted by molar-refractivity contribution is -0.132. The molecule has 0 spiro atoms. The summed E-state index contributed by atoms with van der Waals surface area (Å²) in [5.74, 6) is -0.0806. The van der Waals surface area contributed by atoms with Gasteiger partial charge in [0.15, 0.2) is 6.10 Å². The molecule has 0 aromatic heterocycles. The van der Waals surface area contributed by atoms with Crippen molar-refractivity contribution in [2.24, 2.45) is 0 Å². The van der Waals surface area contributed by atoms with Gasteiger partial charge in [0.2, 0.25) is 0 Å². The molecule has 1 aliphatic heterocycles. The molecule has 4 nitrogen and oxygen atoms in total. The largest absolute Gasteiger partial charge is 0.358 e. The van der Waals surface area contributed by atoms with Crippen LogP contribution in [0.2, 0.25) is 0 Å². The van der Waals surface area contributed by atoms with Crippen molar-refractivity contribution < 1.29 is 14.3 Å². The smallest absolute Gasteiger partial charge is 0.257 e. The molecule has 2 aliphatic rings. The van der Waals surface area contributed by atoms with Crippen LogP contribution >= 0.6 is 0 Å². The Morgan fingerprint density at radius 1 is 1.50 bits per heavy atom. The van der Waals surface area contributed by atoms with Crippen molar-refractivity contribution >= 4 is 11.7 Å². The van der Waals surface area contributed by atoms with Crippen LogP contribution in [-0.4, -0.2) is 24.4 Å². The van der Waals surface area contributed by atoms with Crippen LogP contribution in [0.25, 0.3) is 0 Å². The molecular formula is C10H11NO3. The number of ketones is 1. The minimum absolute atomic E-state index is 0.140. The second-order valence-corrected chi connectivity index (χ2v) is 3.48. The van der Waals surface area contributed by atoms with E-state index >= 15 is 0 Å². The average molecular weight is 193 g/mol. The average Bonchev–Trinajstić information content (AvgIpc) is 2.51. The van der Waals surface area contributed by atoms with E-state index in [2.05, 4.69) is 11.9 Å². The summed E-state index contributed by atoms with van der Waals surface area (Å²) in [4.78, 5) is 22.5. The third kappa shape index (κ3) is 1.61. The van der Waals surface area contributed by atoms with Crippen molar-refractivity contribution in [3.05, 3.63) is 23.9 Å². The van der Waals surface area contributed by atoms with Crippen molar-refractivity contribution in [2.75, 3.05) is 6.61 Å². The molecule has 0 saturated carbocycles. The van der Waals surface area contributed by atoms with Gasteiger partial charge in [-0.25, -0.2) is 0 Å². The number of nitrogens with one attached hydrogen (secondary N) is 1. The maximum absolute atomic E-state index is 11.4. The summed E-state index contributed by atoms with van der Waals surface area (Å²) < 4.78 is 5.30. The molecule has 14 heavy (non-hydrogen) atoms. The van der Waals surface area contributed by atoms with Crippen LogP contribution < -0.4 is 5.32 Å². The molecule has 0 aromatic rings. The van der Waals surface area contributed by atoms with E-state index in [1.807, 2.05) is 0 Å². The predicted octanol–water partition coefficient (Wildman–Crippen LogP) is 0.304. The third-order valence-corrected chi connectivity index (χ3v) is 2.29. The van der Waals surface area contributed by atoms with Crippen LogP contribution in [0.1, 0.15) is 12.8 Å². The van der Waals surface area contributed by atoms with Gasteiger partial charge in [-0.15, -0.1) is 0 Å². The molecule has 1 atom stereocenters. The maximum Gasteiger partial charge on any atom is 0.257 e. The fraction of sp³-hybridized carbons (Fsp3) is 0.400. The Hall–Kier alpha value is -1.42. The summed E-state index contributed by atoms with van der Waals surface area (Å²) in [5, 5.41) is 2.61. The van der Waals surface area contributed by atoms with Gasteiger partial charge in [-0.1, -0.05) is 12.7 Å². The number of morpholine rings is 1. The number of amides is 1. The van der Waals surface area contributed by atoms with Gasteiger partial charge < -0.3 is 10.1 Å². The topological polar surface area (TPSA) is 55.4 Å². The van der Waals surface area contributed by atoms with Gasteiger partial charge in [-0.2, -0.15) is 0 Å². The molecule has 2 rings (SSSR count). The number of hydrogen-bond acceptors (Lipinski definition) is 3. The Morgan fingerprint density at radius 2 is 2.29 bits per heavy atom. The molecule has 1 amide bonds. The van der Waals surface area contributed by atoms with E-state index in [4.69, 9.17) is 4.74 Å². The van der Waals surface area contributed by atoms with Crippen LogP contribution in [0.4, 0.5) is 0 Å². The molecule has 4 heteroatoms. The minimum Gasteiger partial charge on any atom is -0.358 e. The number of carbonyl (C=O) groups is 2. The number of rotatable bonds is 1. The van der Waals surface area contributed by atoms with Crippen molar-refractivity contribution in [1.29, 1.82) is 0 Å². The first-order valence-corrected chi connectivity index (χ1v) is 4.47. The van der Waals surface area contributed by atoms with Gasteiger partial charge in [0, 0.05) is 18.5 Å². The fourth-order valence-corrected chi connectivity index (χ4v) is 1.63. The summed E-state index contributed by atoms with van der Waals surface area (Å²) in [5.41, 5.74) is 1.34. The number of Topliss-reactive ketones (excluding diaryl/α,β-unsaturated/α-hetero) is 1. The lowest BCUT2D eigenvalue weighted by atomic mass is 10.1. The van der Waals surface area contributed by atoms with E-state index < -0.39 is 6.10 Å². The highest BCUT2D eigenvalue weighted by molar-refractivity contribution is 5.92. The molecule has 1 N–H and O–H groups in total. The Kier molecular flexibility index (Phi) is 2.21. The van der Waals surface area contributed by atoms with Gasteiger partial charge in [-0.3, -0.25) is 9.59 Å². The summed E-state index contributed by atoms with van der Waals surface area (Å²) in [6.07, 6.45) is 1.95. The first-order valence-electron chi connectivity index (χ1n) is 4.47. The molecule has 1 fully saturated rings. The van der Waals surface area contributed by atoms with Crippen molar-refractivity contribution in [3.63, 3.8) is 0 Å². The number of carbonyl (C=O) groups excluding carboxylic acids is 2. The van der Waals surface area contributed by atoms with Crippen molar-refractivity contribution in [2.45, 2.75) is 18.9 Å². The summed E-state index contributed by atoms with van der Waals surface area (Å²) in [6, 6.07) is 0. The first kappa shape index (κ1) is 9.15. The highest BCUT2D eigenvalue weighted by Crippen LogP contribution is 2.22. The van der Waals surface area contributed by atoms with Crippen LogP contribution in [0, 0.1) is 0 Å². The summed E-state index contributed by atoms with van der Waals surface area (Å²) in [6.45, 7) is 3.92. The Morgan fingerprint density at radius 3 is 2.86 bits per heavy atom. The molecule has 0 bridgehead atoms. The summed E-state index contributed by atoms with van der Waals surface area (Å²) >= 11 is 0. The minimum atomic E-state index is -0.591. The maximum atomic E-state index is 11.4. The standard InChI is InChI=1S/C10H11NO3/c1-6-5-14-9(10(13)11-6)7-2-3-8(12)4-7/h2,9H,1,3-5H2,(H,11,13). The van der Waals surface area contributed by atoms with E-state index in [-0.39, 0.29) is 11.7 Å². The van der Waals surface area contributed by atoms with Crippen LogP contribution in [0.15, 0.2) is 23.9 Å². The van der Waals surface area contributed by atoms with Crippen LogP contribution in [-0.2, 0) is 14.3 Å². The zero-order valence-electron chi connectivity index (χ0n) is 7.71. The van der Waals surface area contributed by atoms with Crippen LogP contribution in [0.5, 0.6) is 0 Å². The normalized spacial score (nSPS) is 27.6.